The van der Waals surface area contributed by atoms with Gasteiger partial charge in [-0.05, 0) is 25.0 Å². The Bertz CT molecular complexity index is 404. The number of hydrogen-bond donors (Lipinski definition) is 2. The summed E-state index contributed by atoms with van der Waals surface area (Å²) in [6, 6.07) is 0.810. The van der Waals surface area contributed by atoms with Crippen LogP contribution in [0.15, 0.2) is 18.5 Å². The third-order valence-corrected chi connectivity index (χ3v) is 2.15. The normalized spacial score (nSPS) is 11.9. The Morgan fingerprint density at radius 2 is 2.19 bits per heavy atom. The van der Waals surface area contributed by atoms with Gasteiger partial charge >= 0.3 is 5.97 Å². The minimum Gasteiger partial charge on any atom is -0.480 e. The number of carboxylic acid groups (broad SMARTS) is 1. The summed E-state index contributed by atoms with van der Waals surface area (Å²) >= 11 is 0. The average molecular weight is 222 g/mol. The van der Waals surface area contributed by atoms with E-state index in [1.807, 2.05) is 6.92 Å². The molecule has 0 unspecified atom stereocenters. The molecule has 5 heteroatoms. The minimum atomic E-state index is -1.03. The fourth-order valence-corrected chi connectivity index (χ4v) is 1.26. The second-order valence-electron chi connectivity index (χ2n) is 3.52. The Balaban J connectivity index is 2.75. The van der Waals surface area contributed by atoms with Crippen LogP contribution >= 0.6 is 0 Å². The number of aromatic nitrogens is 1. The van der Waals surface area contributed by atoms with Crippen LogP contribution in [0, 0.1) is 6.92 Å². The first-order chi connectivity index (χ1) is 7.54. The van der Waals surface area contributed by atoms with Crippen molar-refractivity contribution >= 4 is 11.9 Å². The highest BCUT2D eigenvalue weighted by atomic mass is 16.4. The molecule has 1 aromatic heterocycles. The summed E-state index contributed by atoms with van der Waals surface area (Å²) < 4.78 is 0. The molecule has 1 amide bonds. The molecule has 0 aromatic carbocycles. The third-order valence-electron chi connectivity index (χ3n) is 2.15. The maximum atomic E-state index is 11.7. The first-order valence-electron chi connectivity index (χ1n) is 5.00. The molecule has 0 radical (unpaired) electrons. The summed E-state index contributed by atoms with van der Waals surface area (Å²) in [4.78, 5) is 26.3. The Morgan fingerprint density at radius 3 is 2.69 bits per heavy atom. The van der Waals surface area contributed by atoms with Crippen molar-refractivity contribution in [3.63, 3.8) is 0 Å². The molecule has 1 rings (SSSR count). The molecule has 1 heterocycles. The van der Waals surface area contributed by atoms with Gasteiger partial charge in [0.2, 0.25) is 0 Å². The van der Waals surface area contributed by atoms with Crippen LogP contribution in [-0.4, -0.2) is 28.0 Å². The molecule has 5 nitrogen and oxygen atoms in total. The van der Waals surface area contributed by atoms with Crippen molar-refractivity contribution in [2.75, 3.05) is 0 Å². The number of carbonyl (C=O) groups excluding carboxylic acids is 1. The van der Waals surface area contributed by atoms with E-state index in [2.05, 4.69) is 10.3 Å². The van der Waals surface area contributed by atoms with Crippen LogP contribution in [0.1, 0.15) is 29.3 Å². The van der Waals surface area contributed by atoms with Gasteiger partial charge in [0.05, 0.1) is 5.56 Å². The zero-order valence-corrected chi connectivity index (χ0v) is 9.23. The van der Waals surface area contributed by atoms with E-state index in [0.29, 0.717) is 12.0 Å². The van der Waals surface area contributed by atoms with E-state index in [0.717, 1.165) is 5.56 Å². The van der Waals surface area contributed by atoms with Crippen LogP contribution in [0.5, 0.6) is 0 Å². The fourth-order valence-electron chi connectivity index (χ4n) is 1.26. The van der Waals surface area contributed by atoms with Crippen molar-refractivity contribution in [3.8, 4) is 0 Å². The first-order valence-corrected chi connectivity index (χ1v) is 5.00. The van der Waals surface area contributed by atoms with Crippen molar-refractivity contribution in [2.24, 2.45) is 0 Å². The summed E-state index contributed by atoms with van der Waals surface area (Å²) in [6.07, 6.45) is 3.39. The highest BCUT2D eigenvalue weighted by Gasteiger charge is 2.18. The van der Waals surface area contributed by atoms with Crippen molar-refractivity contribution in [1.29, 1.82) is 0 Å². The summed E-state index contributed by atoms with van der Waals surface area (Å²) in [5.74, 6) is -1.44. The molecule has 0 saturated carbocycles. The maximum Gasteiger partial charge on any atom is 0.326 e. The first kappa shape index (κ1) is 12.2. The molecule has 0 fully saturated rings. The van der Waals surface area contributed by atoms with Crippen molar-refractivity contribution in [2.45, 2.75) is 26.3 Å². The molecular formula is C11H14N2O3. The lowest BCUT2D eigenvalue weighted by Gasteiger charge is -2.11. The van der Waals surface area contributed by atoms with Crippen LogP contribution in [0.3, 0.4) is 0 Å². The highest BCUT2D eigenvalue weighted by Crippen LogP contribution is 2.02. The number of pyridine rings is 1. The number of amides is 1. The molecule has 0 aliphatic heterocycles. The number of nitrogens with zero attached hydrogens (tertiary/aromatic N) is 1. The van der Waals surface area contributed by atoms with Gasteiger partial charge in [0.25, 0.3) is 5.91 Å². The number of carbonyl (C=O) groups is 2. The van der Waals surface area contributed by atoms with Gasteiger partial charge < -0.3 is 10.4 Å². The van der Waals surface area contributed by atoms with Crippen LogP contribution in [0.2, 0.25) is 0 Å². The number of carboxylic acids is 1. The van der Waals surface area contributed by atoms with E-state index < -0.39 is 17.9 Å². The van der Waals surface area contributed by atoms with E-state index in [1.165, 1.54) is 6.20 Å². The molecule has 0 spiro atoms. The van der Waals surface area contributed by atoms with Gasteiger partial charge in [-0.1, -0.05) is 6.92 Å². The highest BCUT2D eigenvalue weighted by molar-refractivity contribution is 5.96. The van der Waals surface area contributed by atoms with Crippen molar-refractivity contribution in [1.82, 2.24) is 10.3 Å². The van der Waals surface area contributed by atoms with Gasteiger partial charge in [-0.15, -0.1) is 0 Å². The summed E-state index contributed by atoms with van der Waals surface area (Å²) in [5, 5.41) is 11.2. The summed E-state index contributed by atoms with van der Waals surface area (Å²) in [5.41, 5.74) is 1.23. The number of aryl methyl sites for hydroxylation is 1. The van der Waals surface area contributed by atoms with Crippen molar-refractivity contribution < 1.29 is 14.7 Å². The predicted molar refractivity (Wildman–Crippen MR) is 58.2 cm³/mol. The molecular weight excluding hydrogens is 208 g/mol. The number of hydrogen-bond acceptors (Lipinski definition) is 3. The lowest BCUT2D eigenvalue weighted by molar-refractivity contribution is -0.139. The van der Waals surface area contributed by atoms with E-state index in [-0.39, 0.29) is 0 Å². The third kappa shape index (κ3) is 3.05. The topological polar surface area (TPSA) is 79.3 Å². The lowest BCUT2D eigenvalue weighted by atomic mass is 10.2. The standard InChI is InChI=1S/C11H14N2O3/c1-3-9(11(15)16)13-10(14)8-4-7(2)5-12-6-8/h4-6,9H,3H2,1-2H3,(H,13,14)(H,15,16)/t9-/m0/s1. The van der Waals surface area contributed by atoms with Crippen LogP contribution in [-0.2, 0) is 4.79 Å². The second-order valence-corrected chi connectivity index (χ2v) is 3.52. The molecule has 0 bridgehead atoms. The van der Waals surface area contributed by atoms with Gasteiger partial charge in [0.15, 0.2) is 0 Å². The van der Waals surface area contributed by atoms with Crippen LogP contribution in [0.4, 0.5) is 0 Å². The zero-order chi connectivity index (χ0) is 12.1. The van der Waals surface area contributed by atoms with E-state index in [9.17, 15) is 9.59 Å². The second kappa shape index (κ2) is 5.25. The predicted octanol–water partition coefficient (Wildman–Crippen LogP) is 0.983. The fraction of sp³-hybridized carbons (Fsp3) is 0.364. The SMILES string of the molecule is CC[C@H](NC(=O)c1cncc(C)c1)C(=O)O. The van der Waals surface area contributed by atoms with E-state index in [1.54, 1.807) is 19.2 Å². The monoisotopic (exact) mass is 222 g/mol. The molecule has 1 aromatic rings. The van der Waals surface area contributed by atoms with Gasteiger partial charge in [0, 0.05) is 12.4 Å². The molecule has 16 heavy (non-hydrogen) atoms. The van der Waals surface area contributed by atoms with Crippen LogP contribution in [0.25, 0.3) is 0 Å². The quantitative estimate of drug-likeness (QED) is 0.796. The Morgan fingerprint density at radius 1 is 1.50 bits per heavy atom. The smallest absolute Gasteiger partial charge is 0.326 e. The Kier molecular flexibility index (Phi) is 3.99. The van der Waals surface area contributed by atoms with Crippen molar-refractivity contribution in [3.05, 3.63) is 29.6 Å². The Hall–Kier alpha value is -1.91. The number of rotatable bonds is 4. The zero-order valence-electron chi connectivity index (χ0n) is 9.23. The minimum absolute atomic E-state index is 0.348. The molecule has 0 aliphatic carbocycles. The number of aliphatic carboxylic acids is 1. The van der Waals surface area contributed by atoms with E-state index in [4.69, 9.17) is 5.11 Å². The van der Waals surface area contributed by atoms with Crippen LogP contribution < -0.4 is 5.32 Å². The van der Waals surface area contributed by atoms with Gasteiger partial charge in [-0.3, -0.25) is 9.78 Å². The van der Waals surface area contributed by atoms with Gasteiger partial charge in [-0.2, -0.15) is 0 Å². The largest absolute Gasteiger partial charge is 0.480 e. The molecule has 2 N–H and O–H groups in total. The summed E-state index contributed by atoms with van der Waals surface area (Å²) in [7, 11) is 0. The Labute approximate surface area is 93.5 Å². The molecule has 1 atom stereocenters. The molecule has 0 saturated heterocycles. The van der Waals surface area contributed by atoms with E-state index >= 15 is 0 Å². The van der Waals surface area contributed by atoms with Gasteiger partial charge in [-0.25, -0.2) is 4.79 Å². The number of nitrogens with one attached hydrogen (secondary N) is 1. The average Bonchev–Trinajstić information content (AvgIpc) is 2.25. The molecule has 0 aliphatic rings. The lowest BCUT2D eigenvalue weighted by Crippen LogP contribution is -2.40. The molecule has 86 valence electrons. The summed E-state index contributed by atoms with van der Waals surface area (Å²) in [6.45, 7) is 3.52. The maximum absolute atomic E-state index is 11.7. The van der Waals surface area contributed by atoms with Gasteiger partial charge in [0.1, 0.15) is 6.04 Å².